The second-order valence-corrected chi connectivity index (χ2v) is 18.4. The summed E-state index contributed by atoms with van der Waals surface area (Å²) < 4.78 is 4.85. The van der Waals surface area contributed by atoms with Crippen molar-refractivity contribution < 1.29 is 0 Å². The normalized spacial score (nSPS) is 12.0. The number of benzene rings is 12. The fraction of sp³-hybridized carbons (Fsp3) is 0. The molecule has 5 nitrogen and oxygen atoms in total. The van der Waals surface area contributed by atoms with Crippen LogP contribution in [0, 0.1) is 0 Å². The molecule has 0 aliphatic rings. The maximum atomic E-state index is 5.50. The number of aromatic nitrogens is 5. The van der Waals surface area contributed by atoms with Gasteiger partial charge in [-0.3, -0.25) is 0 Å². The first kappa shape index (κ1) is 38.6. The highest BCUT2D eigenvalue weighted by atomic mass is 15.1. The van der Waals surface area contributed by atoms with E-state index in [1.54, 1.807) is 0 Å². The Morgan fingerprint density at radius 3 is 1.43 bits per heavy atom. The molecule has 0 saturated carbocycles. The molecule has 0 aliphatic heterocycles. The topological polar surface area (TPSA) is 48.5 Å². The van der Waals surface area contributed by atoms with E-state index in [-0.39, 0.29) is 0 Å². The number of hydrogen-bond acceptors (Lipinski definition) is 3. The maximum absolute atomic E-state index is 5.50. The number of rotatable bonds is 5. The predicted molar refractivity (Wildman–Crippen MR) is 292 cm³/mol. The van der Waals surface area contributed by atoms with Gasteiger partial charge in [0.1, 0.15) is 0 Å². The zero-order valence-corrected chi connectivity index (χ0v) is 37.8. The second kappa shape index (κ2) is 15.0. The summed E-state index contributed by atoms with van der Waals surface area (Å²) in [7, 11) is 0. The lowest BCUT2D eigenvalue weighted by molar-refractivity contribution is 1.07. The quantitative estimate of drug-likeness (QED) is 0.162. The minimum absolute atomic E-state index is 0.608. The molecule has 0 bridgehead atoms. The Morgan fingerprint density at radius 2 is 0.714 bits per heavy atom. The lowest BCUT2D eigenvalue weighted by Gasteiger charge is -2.17. The van der Waals surface area contributed by atoms with Gasteiger partial charge in [-0.2, -0.15) is 0 Å². The van der Waals surface area contributed by atoms with Gasteiger partial charge in [0, 0.05) is 43.9 Å². The Hall–Kier alpha value is -9.45. The van der Waals surface area contributed by atoms with Crippen molar-refractivity contribution in [3.8, 4) is 45.5 Å². The average Bonchev–Trinajstić information content (AvgIpc) is 3.92. The Balaban J connectivity index is 0.980. The van der Waals surface area contributed by atoms with E-state index < -0.39 is 0 Å². The molecule has 0 atom stereocenters. The van der Waals surface area contributed by atoms with Crippen LogP contribution in [0.2, 0.25) is 0 Å². The SMILES string of the molecule is c1ccc(-c2nc(-c3cc4ccccc4cc3-n3c4ccccc4c4cc5cc(-n6c7ccccc7c7cc8ccccc8cc76)ccc5cc43)nc(-c3cc4ccccc4c4ccccc34)n2)cc1. The third-order valence-corrected chi connectivity index (χ3v) is 14.4. The highest BCUT2D eigenvalue weighted by Crippen LogP contribution is 2.42. The van der Waals surface area contributed by atoms with Crippen LogP contribution < -0.4 is 0 Å². The maximum Gasteiger partial charge on any atom is 0.166 e. The first-order valence-electron chi connectivity index (χ1n) is 23.8. The Bertz CT molecular complexity index is 4660. The van der Waals surface area contributed by atoms with Crippen molar-refractivity contribution in [1.29, 1.82) is 0 Å². The summed E-state index contributed by atoms with van der Waals surface area (Å²) in [6.07, 6.45) is 0. The van der Waals surface area contributed by atoms with Crippen LogP contribution in [0.1, 0.15) is 0 Å². The number of para-hydroxylation sites is 2. The first-order chi connectivity index (χ1) is 34.7. The molecule has 0 unspecified atom stereocenters. The fourth-order valence-corrected chi connectivity index (χ4v) is 11.2. The van der Waals surface area contributed by atoms with Crippen LogP contribution in [0.4, 0.5) is 0 Å². The van der Waals surface area contributed by atoms with E-state index in [2.05, 4.69) is 228 Å². The molecular formula is C65H39N5. The Morgan fingerprint density at radius 1 is 0.243 bits per heavy atom. The van der Waals surface area contributed by atoms with Gasteiger partial charge in [-0.1, -0.05) is 170 Å². The molecule has 15 rings (SSSR count). The summed E-state index contributed by atoms with van der Waals surface area (Å²) in [6.45, 7) is 0. The molecule has 15 aromatic rings. The van der Waals surface area contributed by atoms with E-state index in [9.17, 15) is 0 Å². The zero-order chi connectivity index (χ0) is 45.9. The van der Waals surface area contributed by atoms with Crippen LogP contribution >= 0.6 is 0 Å². The van der Waals surface area contributed by atoms with E-state index in [1.165, 1.54) is 59.5 Å². The van der Waals surface area contributed by atoms with E-state index >= 15 is 0 Å². The highest BCUT2D eigenvalue weighted by molar-refractivity contribution is 6.17. The van der Waals surface area contributed by atoms with Crippen molar-refractivity contribution in [2.24, 2.45) is 0 Å². The number of nitrogens with zero attached hydrogens (tertiary/aromatic N) is 5. The number of hydrogen-bond donors (Lipinski definition) is 0. The van der Waals surface area contributed by atoms with Crippen molar-refractivity contribution >= 4 is 97.5 Å². The molecule has 5 heteroatoms. The molecule has 0 radical (unpaired) electrons. The summed E-state index contributed by atoms with van der Waals surface area (Å²) in [5, 5.41) is 16.5. The minimum atomic E-state index is 0.608. The molecule has 3 heterocycles. The molecule has 0 fully saturated rings. The van der Waals surface area contributed by atoms with Gasteiger partial charge in [0.2, 0.25) is 0 Å². The zero-order valence-electron chi connectivity index (χ0n) is 37.8. The molecule has 0 spiro atoms. The van der Waals surface area contributed by atoms with E-state index in [1.807, 2.05) is 18.2 Å². The van der Waals surface area contributed by atoms with Gasteiger partial charge in [0.05, 0.1) is 27.8 Å². The largest absolute Gasteiger partial charge is 0.309 e. The molecule has 12 aromatic carbocycles. The van der Waals surface area contributed by atoms with Crippen molar-refractivity contribution in [3.63, 3.8) is 0 Å². The first-order valence-corrected chi connectivity index (χ1v) is 23.8. The van der Waals surface area contributed by atoms with Crippen molar-refractivity contribution in [1.82, 2.24) is 24.1 Å². The van der Waals surface area contributed by atoms with Gasteiger partial charge in [-0.15, -0.1) is 0 Å². The van der Waals surface area contributed by atoms with E-state index in [0.29, 0.717) is 17.5 Å². The highest BCUT2D eigenvalue weighted by Gasteiger charge is 2.22. The van der Waals surface area contributed by atoms with Gasteiger partial charge >= 0.3 is 0 Å². The van der Waals surface area contributed by atoms with E-state index in [0.717, 1.165) is 66.0 Å². The standard InChI is InChI=1S/C65H39N5/c1-2-16-40(17-3-1)63-66-64(56-35-46-22-8-9-23-49(46)50-24-10-11-25-51(50)56)68-65(67-63)57-34-42-19-5-7-21-44(42)38-62(57)70-59-29-15-13-27-53(59)55-36-47-32-48(31-30-45(47)39-61(55)70)69-58-28-14-12-26-52(58)54-33-41-18-4-6-20-43(41)37-60(54)69/h1-39H. The van der Waals surface area contributed by atoms with Crippen LogP contribution in [0.25, 0.3) is 143 Å². The predicted octanol–water partition coefficient (Wildman–Crippen LogP) is 16.8. The molecule has 0 saturated heterocycles. The van der Waals surface area contributed by atoms with Crippen molar-refractivity contribution in [2.75, 3.05) is 0 Å². The molecule has 0 aliphatic carbocycles. The van der Waals surface area contributed by atoms with E-state index in [4.69, 9.17) is 15.0 Å². The van der Waals surface area contributed by atoms with Crippen LogP contribution in [-0.4, -0.2) is 24.1 Å². The van der Waals surface area contributed by atoms with Gasteiger partial charge in [-0.05, 0) is 121 Å². The lowest BCUT2D eigenvalue weighted by atomic mass is 9.96. The van der Waals surface area contributed by atoms with Crippen molar-refractivity contribution in [2.45, 2.75) is 0 Å². The van der Waals surface area contributed by atoms with Crippen LogP contribution in [0.5, 0.6) is 0 Å². The minimum Gasteiger partial charge on any atom is -0.309 e. The second-order valence-electron chi connectivity index (χ2n) is 18.4. The summed E-state index contributed by atoms with van der Waals surface area (Å²) in [5.74, 6) is 1.86. The molecule has 0 amide bonds. The van der Waals surface area contributed by atoms with Gasteiger partial charge in [-0.25, -0.2) is 15.0 Å². The summed E-state index contributed by atoms with van der Waals surface area (Å²) in [5.41, 5.74) is 9.56. The Kier molecular flexibility index (Phi) is 8.29. The number of fused-ring (bicyclic) bond motifs is 12. The van der Waals surface area contributed by atoms with Crippen LogP contribution in [0.3, 0.4) is 0 Å². The summed E-state index contributed by atoms with van der Waals surface area (Å²) in [4.78, 5) is 16.2. The summed E-state index contributed by atoms with van der Waals surface area (Å²) in [6, 6.07) is 85.4. The van der Waals surface area contributed by atoms with Gasteiger partial charge < -0.3 is 9.13 Å². The van der Waals surface area contributed by atoms with Crippen LogP contribution in [0.15, 0.2) is 237 Å². The van der Waals surface area contributed by atoms with Gasteiger partial charge in [0.15, 0.2) is 17.5 Å². The smallest absolute Gasteiger partial charge is 0.166 e. The molecule has 0 N–H and O–H groups in total. The average molecular weight is 890 g/mol. The molecule has 324 valence electrons. The Labute approximate surface area is 401 Å². The fourth-order valence-electron chi connectivity index (χ4n) is 11.2. The molecular weight excluding hydrogens is 851 g/mol. The van der Waals surface area contributed by atoms with Crippen molar-refractivity contribution in [3.05, 3.63) is 237 Å². The molecule has 70 heavy (non-hydrogen) atoms. The van der Waals surface area contributed by atoms with Gasteiger partial charge in [0.25, 0.3) is 0 Å². The third-order valence-electron chi connectivity index (χ3n) is 14.4. The lowest BCUT2D eigenvalue weighted by Crippen LogP contribution is -2.04. The monoisotopic (exact) mass is 889 g/mol. The summed E-state index contributed by atoms with van der Waals surface area (Å²) >= 11 is 0. The van der Waals surface area contributed by atoms with Crippen LogP contribution in [-0.2, 0) is 0 Å². The third kappa shape index (κ3) is 5.88. The molecule has 3 aromatic heterocycles.